The molecule has 4 heteroatoms. The minimum Gasteiger partial charge on any atom is -0.456 e. The van der Waals surface area contributed by atoms with E-state index >= 15 is 0 Å². The average molecular weight is 522 g/mol. The molecule has 0 unspecified atom stereocenters. The minimum atomic E-state index is -0.486. The molecule has 3 nitrogen and oxygen atoms in total. The van der Waals surface area contributed by atoms with Crippen molar-refractivity contribution in [3.05, 3.63) is 115 Å². The van der Waals surface area contributed by atoms with Gasteiger partial charge in [0, 0.05) is 21.8 Å². The summed E-state index contributed by atoms with van der Waals surface area (Å²) in [5, 5.41) is 2.15. The fourth-order valence-corrected chi connectivity index (χ4v) is 5.58. The number of fused-ring (bicyclic) bond motifs is 3. The molecule has 1 saturated heterocycles. The molecule has 1 aliphatic heterocycles. The summed E-state index contributed by atoms with van der Waals surface area (Å²) in [5.74, 6) is 0. The average Bonchev–Trinajstić information content (AvgIpc) is 3.46. The van der Waals surface area contributed by atoms with Crippen molar-refractivity contribution in [1.29, 1.82) is 0 Å². The summed E-state index contributed by atoms with van der Waals surface area (Å²) in [6.45, 7) is 8.30. The van der Waals surface area contributed by atoms with Crippen LogP contribution in [0.25, 0.3) is 55.3 Å². The highest BCUT2D eigenvalue weighted by Crippen LogP contribution is 2.40. The molecule has 5 aromatic carbocycles. The molecule has 0 amide bonds. The quantitative estimate of drug-likeness (QED) is 0.217. The summed E-state index contributed by atoms with van der Waals surface area (Å²) < 4.78 is 19.4. The molecule has 0 saturated carbocycles. The van der Waals surface area contributed by atoms with Gasteiger partial charge in [-0.3, -0.25) is 0 Å². The van der Waals surface area contributed by atoms with Gasteiger partial charge in [0.1, 0.15) is 11.2 Å². The second-order valence-electron chi connectivity index (χ2n) is 11.6. The summed E-state index contributed by atoms with van der Waals surface area (Å²) in [6, 6.07) is 40.5. The van der Waals surface area contributed by atoms with E-state index in [1.54, 1.807) is 0 Å². The highest BCUT2D eigenvalue weighted by molar-refractivity contribution is 6.65. The lowest BCUT2D eigenvalue weighted by Crippen LogP contribution is -2.41. The smallest absolute Gasteiger partial charge is 0.456 e. The normalized spacial score (nSPS) is 16.1. The van der Waals surface area contributed by atoms with Gasteiger partial charge in [0.15, 0.2) is 0 Å². The highest BCUT2D eigenvalue weighted by Gasteiger charge is 2.52. The largest absolute Gasteiger partial charge is 0.498 e. The van der Waals surface area contributed by atoms with E-state index in [0.717, 1.165) is 38.5 Å². The second-order valence-corrected chi connectivity index (χ2v) is 11.6. The predicted molar refractivity (Wildman–Crippen MR) is 166 cm³/mol. The molecule has 0 atom stereocenters. The molecule has 0 bridgehead atoms. The van der Waals surface area contributed by atoms with Crippen molar-refractivity contribution in [3.8, 4) is 33.4 Å². The first kappa shape index (κ1) is 24.9. The molecular weight excluding hydrogens is 491 g/mol. The van der Waals surface area contributed by atoms with Gasteiger partial charge < -0.3 is 13.7 Å². The van der Waals surface area contributed by atoms with Gasteiger partial charge in [-0.1, -0.05) is 109 Å². The van der Waals surface area contributed by atoms with Crippen LogP contribution in [0.2, 0.25) is 0 Å². The monoisotopic (exact) mass is 522 g/mol. The zero-order chi connectivity index (χ0) is 27.5. The maximum Gasteiger partial charge on any atom is 0.498 e. The van der Waals surface area contributed by atoms with Crippen LogP contribution < -0.4 is 5.46 Å². The number of benzene rings is 5. The van der Waals surface area contributed by atoms with Crippen molar-refractivity contribution in [2.45, 2.75) is 38.9 Å². The van der Waals surface area contributed by atoms with Crippen molar-refractivity contribution < 1.29 is 13.7 Å². The van der Waals surface area contributed by atoms with E-state index in [9.17, 15) is 0 Å². The van der Waals surface area contributed by atoms with Crippen LogP contribution >= 0.6 is 0 Å². The Morgan fingerprint density at radius 2 is 1.00 bits per heavy atom. The summed E-state index contributed by atoms with van der Waals surface area (Å²) in [5.41, 5.74) is 8.74. The Balaban J connectivity index is 1.29. The van der Waals surface area contributed by atoms with E-state index in [1.807, 2.05) is 12.1 Å². The van der Waals surface area contributed by atoms with Gasteiger partial charge in [0.25, 0.3) is 0 Å². The van der Waals surface area contributed by atoms with Crippen LogP contribution in [0.1, 0.15) is 27.7 Å². The summed E-state index contributed by atoms with van der Waals surface area (Å²) in [4.78, 5) is 0. The number of para-hydroxylation sites is 2. The van der Waals surface area contributed by atoms with Gasteiger partial charge in [-0.15, -0.1) is 0 Å². The maximum absolute atomic E-state index is 6.67. The SMILES string of the molecule is CC1(C)OB(c2cccc3c2oc2c(-c4cccc(-c5ccc(-c6ccccc6)cc5)c4)cccc23)OC1(C)C. The number of rotatable bonds is 4. The molecule has 40 heavy (non-hydrogen) atoms. The first-order valence-electron chi connectivity index (χ1n) is 13.9. The second kappa shape index (κ2) is 9.23. The van der Waals surface area contributed by atoms with E-state index in [0.29, 0.717) is 0 Å². The third-order valence-corrected chi connectivity index (χ3v) is 8.56. The Kier molecular flexibility index (Phi) is 5.74. The number of hydrogen-bond donors (Lipinski definition) is 0. The number of furan rings is 1. The molecular formula is C36H31BO3. The van der Waals surface area contributed by atoms with Gasteiger partial charge in [-0.25, -0.2) is 0 Å². The summed E-state index contributed by atoms with van der Waals surface area (Å²) in [6.07, 6.45) is 0. The van der Waals surface area contributed by atoms with E-state index < -0.39 is 18.3 Å². The fourth-order valence-electron chi connectivity index (χ4n) is 5.58. The van der Waals surface area contributed by atoms with Crippen LogP contribution in [-0.2, 0) is 9.31 Å². The summed E-state index contributed by atoms with van der Waals surface area (Å²) >= 11 is 0. The molecule has 7 rings (SSSR count). The first-order valence-corrected chi connectivity index (χ1v) is 13.9. The molecule has 0 spiro atoms. The third kappa shape index (κ3) is 4.07. The van der Waals surface area contributed by atoms with Crippen LogP contribution in [0.5, 0.6) is 0 Å². The highest BCUT2D eigenvalue weighted by atomic mass is 16.7. The zero-order valence-corrected chi connectivity index (χ0v) is 23.3. The zero-order valence-electron chi connectivity index (χ0n) is 23.3. The lowest BCUT2D eigenvalue weighted by Gasteiger charge is -2.32. The van der Waals surface area contributed by atoms with E-state index in [2.05, 4.69) is 131 Å². The van der Waals surface area contributed by atoms with Crippen molar-refractivity contribution >= 4 is 34.5 Å². The Labute approximate surface area is 235 Å². The Hall–Kier alpha value is -4.12. The molecule has 6 aromatic rings. The van der Waals surface area contributed by atoms with Gasteiger partial charge in [0.2, 0.25) is 0 Å². The van der Waals surface area contributed by atoms with Crippen LogP contribution in [0, 0.1) is 0 Å². The number of hydrogen-bond acceptors (Lipinski definition) is 3. The van der Waals surface area contributed by atoms with E-state index in [1.165, 1.54) is 22.3 Å². The lowest BCUT2D eigenvalue weighted by molar-refractivity contribution is 0.00578. The van der Waals surface area contributed by atoms with Crippen molar-refractivity contribution in [3.63, 3.8) is 0 Å². The molecule has 2 heterocycles. The topological polar surface area (TPSA) is 31.6 Å². The van der Waals surface area contributed by atoms with E-state index in [4.69, 9.17) is 13.7 Å². The molecule has 1 fully saturated rings. The van der Waals surface area contributed by atoms with E-state index in [-0.39, 0.29) is 0 Å². The van der Waals surface area contributed by atoms with Gasteiger partial charge in [0.05, 0.1) is 11.2 Å². The Morgan fingerprint density at radius 1 is 0.475 bits per heavy atom. The standard InChI is InChI=1S/C36H31BO3/c1-35(2)36(3,4)40-37(39-35)32-18-10-17-31-30-16-9-15-29(33(30)38-34(31)32)28-14-8-13-27(23-28)26-21-19-25(20-22-26)24-11-6-5-7-12-24/h5-23H,1-4H3. The summed E-state index contributed by atoms with van der Waals surface area (Å²) in [7, 11) is -0.486. The third-order valence-electron chi connectivity index (χ3n) is 8.56. The predicted octanol–water partition coefficient (Wildman–Crippen LogP) is 8.89. The molecule has 0 N–H and O–H groups in total. The van der Waals surface area contributed by atoms with Crippen LogP contribution in [0.15, 0.2) is 120 Å². The molecule has 1 aliphatic rings. The molecule has 196 valence electrons. The molecule has 0 aliphatic carbocycles. The molecule has 1 aromatic heterocycles. The van der Waals surface area contributed by atoms with Crippen LogP contribution in [0.3, 0.4) is 0 Å². The van der Waals surface area contributed by atoms with Gasteiger partial charge in [-0.2, -0.15) is 0 Å². The molecule has 0 radical (unpaired) electrons. The lowest BCUT2D eigenvalue weighted by atomic mass is 9.78. The Bertz CT molecular complexity index is 1830. The Morgan fingerprint density at radius 3 is 1.70 bits per heavy atom. The first-order chi connectivity index (χ1) is 19.3. The van der Waals surface area contributed by atoms with Gasteiger partial charge in [-0.05, 0) is 61.6 Å². The van der Waals surface area contributed by atoms with Crippen molar-refractivity contribution in [2.24, 2.45) is 0 Å². The fraction of sp³-hybridized carbons (Fsp3) is 0.167. The maximum atomic E-state index is 6.67. The minimum absolute atomic E-state index is 0.420. The van der Waals surface area contributed by atoms with Crippen molar-refractivity contribution in [1.82, 2.24) is 0 Å². The van der Waals surface area contributed by atoms with Gasteiger partial charge >= 0.3 is 7.12 Å². The van der Waals surface area contributed by atoms with Crippen molar-refractivity contribution in [2.75, 3.05) is 0 Å². The van der Waals surface area contributed by atoms with Crippen LogP contribution in [-0.4, -0.2) is 18.3 Å². The van der Waals surface area contributed by atoms with Crippen LogP contribution in [0.4, 0.5) is 0 Å².